The molecule has 4 nitrogen and oxygen atoms in total. The van der Waals surface area contributed by atoms with E-state index in [9.17, 15) is 14.0 Å². The molecule has 0 atom stereocenters. The molecular formula is C11H17FN2O2. The van der Waals surface area contributed by atoms with Gasteiger partial charge in [-0.05, 0) is 26.2 Å². The molecule has 5 heteroatoms. The maximum absolute atomic E-state index is 12.0. The summed E-state index contributed by atoms with van der Waals surface area (Å²) in [5.41, 5.74) is -0.0844. The van der Waals surface area contributed by atoms with Crippen molar-refractivity contribution in [3.05, 3.63) is 0 Å². The number of halogens is 1. The van der Waals surface area contributed by atoms with Crippen molar-refractivity contribution in [1.82, 2.24) is 9.80 Å². The van der Waals surface area contributed by atoms with Crippen molar-refractivity contribution in [2.45, 2.75) is 31.7 Å². The summed E-state index contributed by atoms with van der Waals surface area (Å²) in [6, 6.07) is 0. The monoisotopic (exact) mass is 228 g/mol. The van der Waals surface area contributed by atoms with Crippen LogP contribution in [0.5, 0.6) is 0 Å². The first-order chi connectivity index (χ1) is 7.58. The highest BCUT2D eigenvalue weighted by molar-refractivity contribution is 6.35. The van der Waals surface area contributed by atoms with Crippen molar-refractivity contribution in [2.75, 3.05) is 26.3 Å². The fraction of sp³-hybridized carbons (Fsp3) is 0.818. The van der Waals surface area contributed by atoms with Gasteiger partial charge in [0, 0.05) is 25.2 Å². The number of carbonyl (C=O) groups is 2. The highest BCUT2D eigenvalue weighted by Crippen LogP contribution is 2.41. The van der Waals surface area contributed by atoms with E-state index in [2.05, 4.69) is 0 Å². The molecule has 0 aromatic heterocycles. The van der Waals surface area contributed by atoms with Gasteiger partial charge in [0.1, 0.15) is 0 Å². The molecule has 0 aromatic rings. The molecule has 1 heterocycles. The number of piperazine rings is 1. The largest absolute Gasteiger partial charge is 0.333 e. The van der Waals surface area contributed by atoms with Gasteiger partial charge in [-0.3, -0.25) is 14.0 Å². The highest BCUT2D eigenvalue weighted by Gasteiger charge is 2.49. The molecule has 0 unspecified atom stereocenters. The number of rotatable bonds is 4. The maximum atomic E-state index is 12.0. The Hall–Kier alpha value is -1.13. The predicted octanol–water partition coefficient (Wildman–Crippen LogP) is 0.569. The Morgan fingerprint density at radius 2 is 1.94 bits per heavy atom. The molecule has 1 saturated carbocycles. The number of carbonyl (C=O) groups excluding carboxylic acids is 2. The van der Waals surface area contributed by atoms with Gasteiger partial charge in [0.05, 0.1) is 6.67 Å². The fourth-order valence-electron chi connectivity index (χ4n) is 2.10. The summed E-state index contributed by atoms with van der Waals surface area (Å²) in [6.45, 7) is 3.05. The third-order valence-corrected chi connectivity index (χ3v) is 3.50. The van der Waals surface area contributed by atoms with E-state index in [1.165, 1.54) is 4.90 Å². The van der Waals surface area contributed by atoms with E-state index in [0.29, 0.717) is 26.1 Å². The summed E-state index contributed by atoms with van der Waals surface area (Å²) in [6.07, 6.45) is 2.28. The molecule has 0 aromatic carbocycles. The van der Waals surface area contributed by atoms with E-state index in [4.69, 9.17) is 0 Å². The third-order valence-electron chi connectivity index (χ3n) is 3.50. The number of hydrogen-bond donors (Lipinski definition) is 0. The van der Waals surface area contributed by atoms with Crippen molar-refractivity contribution in [1.29, 1.82) is 0 Å². The lowest BCUT2D eigenvalue weighted by Crippen LogP contribution is -2.57. The lowest BCUT2D eigenvalue weighted by atomic mass is 10.2. The summed E-state index contributed by atoms with van der Waals surface area (Å²) in [7, 11) is 0. The molecule has 1 saturated heterocycles. The van der Waals surface area contributed by atoms with E-state index in [1.54, 1.807) is 4.90 Å². The van der Waals surface area contributed by atoms with Gasteiger partial charge < -0.3 is 9.80 Å². The van der Waals surface area contributed by atoms with Crippen LogP contribution in [-0.4, -0.2) is 53.5 Å². The molecule has 0 radical (unpaired) electrons. The van der Waals surface area contributed by atoms with E-state index in [1.807, 2.05) is 6.92 Å². The molecule has 2 amide bonds. The Balaban J connectivity index is 1.97. The number of hydrogen-bond acceptors (Lipinski definition) is 2. The lowest BCUT2D eigenvalue weighted by molar-refractivity contribution is -0.158. The Bertz CT molecular complexity index is 315. The van der Waals surface area contributed by atoms with Crippen LogP contribution in [0.15, 0.2) is 0 Å². The van der Waals surface area contributed by atoms with Crippen LogP contribution in [0.4, 0.5) is 4.39 Å². The average molecular weight is 228 g/mol. The van der Waals surface area contributed by atoms with Crippen LogP contribution < -0.4 is 0 Å². The van der Waals surface area contributed by atoms with Crippen LogP contribution in [0.3, 0.4) is 0 Å². The van der Waals surface area contributed by atoms with Gasteiger partial charge in [-0.25, -0.2) is 0 Å². The Labute approximate surface area is 94.4 Å². The molecule has 0 N–H and O–H groups in total. The van der Waals surface area contributed by atoms with Crippen molar-refractivity contribution in [2.24, 2.45) is 0 Å². The van der Waals surface area contributed by atoms with Gasteiger partial charge in [-0.2, -0.15) is 0 Å². The van der Waals surface area contributed by atoms with Gasteiger partial charge in [-0.1, -0.05) is 0 Å². The van der Waals surface area contributed by atoms with Crippen LogP contribution in [0.25, 0.3) is 0 Å². The molecule has 1 aliphatic carbocycles. The summed E-state index contributed by atoms with van der Waals surface area (Å²) < 4.78 is 12.0. The maximum Gasteiger partial charge on any atom is 0.312 e. The number of amides is 2. The summed E-state index contributed by atoms with van der Waals surface area (Å²) >= 11 is 0. The van der Waals surface area contributed by atoms with Crippen molar-refractivity contribution in [3.63, 3.8) is 0 Å². The first-order valence-corrected chi connectivity index (χ1v) is 5.75. The summed E-state index contributed by atoms with van der Waals surface area (Å²) in [4.78, 5) is 26.7. The van der Waals surface area contributed by atoms with Crippen LogP contribution in [0, 0.1) is 0 Å². The first-order valence-electron chi connectivity index (χ1n) is 5.75. The quantitative estimate of drug-likeness (QED) is 0.660. The Kier molecular flexibility index (Phi) is 2.86. The summed E-state index contributed by atoms with van der Waals surface area (Å²) in [5.74, 6) is -0.877. The van der Waals surface area contributed by atoms with Crippen LogP contribution in [0.1, 0.15) is 26.2 Å². The van der Waals surface area contributed by atoms with E-state index in [-0.39, 0.29) is 5.54 Å². The van der Waals surface area contributed by atoms with Crippen LogP contribution in [0.2, 0.25) is 0 Å². The normalized spacial score (nSPS) is 23.9. The average Bonchev–Trinajstić information content (AvgIpc) is 2.99. The standard InChI is InChI=1S/C11H17FN2O2/c1-11(3-4-11)14-8-7-13(6-2-5-12)9(15)10(14)16/h2-8H2,1H3. The Morgan fingerprint density at radius 1 is 1.25 bits per heavy atom. The summed E-state index contributed by atoms with van der Waals surface area (Å²) in [5, 5.41) is 0. The highest BCUT2D eigenvalue weighted by atomic mass is 19.1. The number of nitrogens with zero attached hydrogens (tertiary/aromatic N) is 2. The molecule has 0 spiro atoms. The Morgan fingerprint density at radius 3 is 2.50 bits per heavy atom. The minimum atomic E-state index is -0.465. The van der Waals surface area contributed by atoms with Gasteiger partial charge in [-0.15, -0.1) is 0 Å². The lowest BCUT2D eigenvalue weighted by Gasteiger charge is -2.37. The van der Waals surface area contributed by atoms with Gasteiger partial charge >= 0.3 is 11.8 Å². The van der Waals surface area contributed by atoms with Crippen molar-refractivity contribution in [3.8, 4) is 0 Å². The van der Waals surface area contributed by atoms with E-state index < -0.39 is 18.5 Å². The smallest absolute Gasteiger partial charge is 0.312 e. The SMILES string of the molecule is CC1(N2CCN(CCCF)C(=O)C2=O)CC1. The van der Waals surface area contributed by atoms with Crippen molar-refractivity contribution >= 4 is 11.8 Å². The van der Waals surface area contributed by atoms with E-state index >= 15 is 0 Å². The first kappa shape index (κ1) is 11.4. The number of alkyl halides is 1. The zero-order chi connectivity index (χ0) is 11.8. The molecule has 16 heavy (non-hydrogen) atoms. The second-order valence-electron chi connectivity index (χ2n) is 4.79. The molecule has 2 rings (SSSR count). The van der Waals surface area contributed by atoms with Crippen LogP contribution in [-0.2, 0) is 9.59 Å². The van der Waals surface area contributed by atoms with Gasteiger partial charge in [0.15, 0.2) is 0 Å². The molecule has 1 aliphatic heterocycles. The van der Waals surface area contributed by atoms with Crippen molar-refractivity contribution < 1.29 is 14.0 Å². The minimum absolute atomic E-state index is 0.0844. The second-order valence-corrected chi connectivity index (χ2v) is 4.79. The minimum Gasteiger partial charge on any atom is -0.333 e. The molecule has 2 aliphatic rings. The molecule has 0 bridgehead atoms. The predicted molar refractivity (Wildman–Crippen MR) is 56.5 cm³/mol. The third kappa shape index (κ3) is 1.90. The van der Waals surface area contributed by atoms with E-state index in [0.717, 1.165) is 12.8 Å². The molecular weight excluding hydrogens is 211 g/mol. The topological polar surface area (TPSA) is 40.6 Å². The fourth-order valence-corrected chi connectivity index (χ4v) is 2.10. The molecule has 90 valence electrons. The van der Waals surface area contributed by atoms with Gasteiger partial charge in [0.2, 0.25) is 0 Å². The zero-order valence-electron chi connectivity index (χ0n) is 9.54. The van der Waals surface area contributed by atoms with Gasteiger partial charge in [0.25, 0.3) is 0 Å². The second kappa shape index (κ2) is 4.03. The molecule has 2 fully saturated rings. The van der Waals surface area contributed by atoms with Crippen LogP contribution >= 0.6 is 0 Å². The zero-order valence-corrected chi connectivity index (χ0v) is 9.54.